The van der Waals surface area contributed by atoms with Crippen molar-refractivity contribution in [3.63, 3.8) is 0 Å². The monoisotopic (exact) mass is 485 g/mol. The molecular formula is C20H25F6N3O4. The van der Waals surface area contributed by atoms with Crippen LogP contribution in [0.15, 0.2) is 4.42 Å². The second-order valence-corrected chi connectivity index (χ2v) is 9.09. The van der Waals surface area contributed by atoms with Crippen LogP contribution in [0.1, 0.15) is 75.0 Å². The molecule has 0 aromatic carbocycles. The van der Waals surface area contributed by atoms with E-state index in [1.165, 1.54) is 0 Å². The highest BCUT2D eigenvalue weighted by Crippen LogP contribution is 2.43. The van der Waals surface area contributed by atoms with Crippen molar-refractivity contribution in [2.75, 3.05) is 6.61 Å². The third-order valence-electron chi connectivity index (χ3n) is 6.65. The summed E-state index contributed by atoms with van der Waals surface area (Å²) in [5, 5.41) is 10.9. The summed E-state index contributed by atoms with van der Waals surface area (Å²) in [6.45, 7) is -0.261. The summed E-state index contributed by atoms with van der Waals surface area (Å²) in [5.74, 6) is -1.16. The molecule has 0 aliphatic heterocycles. The van der Waals surface area contributed by atoms with E-state index in [1.807, 2.05) is 0 Å². The van der Waals surface area contributed by atoms with Crippen LogP contribution in [-0.4, -0.2) is 53.5 Å². The van der Waals surface area contributed by atoms with Gasteiger partial charge in [0.2, 0.25) is 17.7 Å². The number of carbonyl (C=O) groups excluding carboxylic acids is 1. The van der Waals surface area contributed by atoms with Gasteiger partial charge in [0.05, 0.1) is 18.1 Å². The predicted molar refractivity (Wildman–Crippen MR) is 98.9 cm³/mol. The Hall–Kier alpha value is -1.89. The van der Waals surface area contributed by atoms with E-state index in [2.05, 4.69) is 20.3 Å². The Bertz CT molecular complexity index is 809. The molecule has 0 spiro atoms. The van der Waals surface area contributed by atoms with E-state index in [9.17, 15) is 31.1 Å². The summed E-state index contributed by atoms with van der Waals surface area (Å²) in [6, 6.07) is -0.0732. The average Bonchev–Trinajstić information content (AvgIpc) is 3.11. The molecule has 3 saturated carbocycles. The fourth-order valence-electron chi connectivity index (χ4n) is 4.55. The predicted octanol–water partition coefficient (Wildman–Crippen LogP) is 4.35. The van der Waals surface area contributed by atoms with Crippen molar-refractivity contribution in [3.05, 3.63) is 11.8 Å². The standard InChI is InChI=1S/C20H25F6N3O4/c21-19(22,23)12-7-14(8-12)31-9-16(30)27-13-3-1-10(2-4-13)17-28-29-18(32-17)11-5-15(6-11)33-20(24,25)26/h10-15H,1-9H2,(H,27,30). The SMILES string of the molecule is O=C(COC1CC(C(F)(F)F)C1)NC1CCC(c2nnc(C3CC(OC(F)(F)F)C3)o2)CC1. The Morgan fingerprint density at radius 2 is 1.52 bits per heavy atom. The van der Waals surface area contributed by atoms with Gasteiger partial charge in [0.15, 0.2) is 0 Å². The van der Waals surface area contributed by atoms with Crippen LogP contribution in [0, 0.1) is 5.92 Å². The minimum atomic E-state index is -4.65. The molecular weight excluding hydrogens is 460 g/mol. The van der Waals surface area contributed by atoms with Crippen LogP contribution in [0.3, 0.4) is 0 Å². The maximum atomic E-state index is 12.5. The van der Waals surface area contributed by atoms with Gasteiger partial charge in [-0.2, -0.15) is 13.2 Å². The van der Waals surface area contributed by atoms with E-state index >= 15 is 0 Å². The highest BCUT2D eigenvalue weighted by atomic mass is 19.4. The van der Waals surface area contributed by atoms with Crippen molar-refractivity contribution in [2.45, 2.75) is 94.0 Å². The molecule has 0 unspecified atom stereocenters. The lowest BCUT2D eigenvalue weighted by Gasteiger charge is -2.36. The normalized spacial score (nSPS) is 32.7. The molecule has 3 aliphatic rings. The van der Waals surface area contributed by atoms with E-state index in [0.717, 1.165) is 0 Å². The number of ether oxygens (including phenoxy) is 2. The molecule has 0 radical (unpaired) electrons. The Morgan fingerprint density at radius 1 is 0.909 bits per heavy atom. The molecule has 3 aliphatic carbocycles. The topological polar surface area (TPSA) is 86.5 Å². The van der Waals surface area contributed by atoms with Crippen LogP contribution in [0.5, 0.6) is 0 Å². The van der Waals surface area contributed by atoms with Gasteiger partial charge in [0.1, 0.15) is 6.61 Å². The highest BCUT2D eigenvalue weighted by molar-refractivity contribution is 5.77. The summed E-state index contributed by atoms with van der Waals surface area (Å²) in [5.41, 5.74) is 0. The van der Waals surface area contributed by atoms with Crippen LogP contribution in [0.2, 0.25) is 0 Å². The molecule has 0 bridgehead atoms. The molecule has 1 aromatic heterocycles. The van der Waals surface area contributed by atoms with Crippen LogP contribution < -0.4 is 5.32 Å². The van der Waals surface area contributed by atoms with Crippen molar-refractivity contribution in [2.24, 2.45) is 5.92 Å². The third kappa shape index (κ3) is 6.37. The van der Waals surface area contributed by atoms with Crippen LogP contribution in [0.25, 0.3) is 0 Å². The van der Waals surface area contributed by atoms with Crippen molar-refractivity contribution in [3.8, 4) is 0 Å². The van der Waals surface area contributed by atoms with Gasteiger partial charge in [0.25, 0.3) is 0 Å². The van der Waals surface area contributed by atoms with E-state index in [4.69, 9.17) is 9.15 Å². The second kappa shape index (κ2) is 9.40. The van der Waals surface area contributed by atoms with E-state index in [1.54, 1.807) is 0 Å². The van der Waals surface area contributed by atoms with Gasteiger partial charge in [-0.3, -0.25) is 9.53 Å². The zero-order valence-corrected chi connectivity index (χ0v) is 17.6. The smallest absolute Gasteiger partial charge is 0.425 e. The quantitative estimate of drug-likeness (QED) is 0.578. The summed E-state index contributed by atoms with van der Waals surface area (Å²) in [7, 11) is 0. The Kier molecular flexibility index (Phi) is 6.90. The summed E-state index contributed by atoms with van der Waals surface area (Å²) in [4.78, 5) is 12.0. The second-order valence-electron chi connectivity index (χ2n) is 9.09. The molecule has 1 heterocycles. The number of nitrogens with one attached hydrogen (secondary N) is 1. The number of halogens is 6. The summed E-state index contributed by atoms with van der Waals surface area (Å²) in [6.07, 6.45) is -7.42. The lowest BCUT2D eigenvalue weighted by Crippen LogP contribution is -2.44. The number of nitrogens with zero attached hydrogens (tertiary/aromatic N) is 2. The number of hydrogen-bond donors (Lipinski definition) is 1. The van der Waals surface area contributed by atoms with Gasteiger partial charge in [0, 0.05) is 17.9 Å². The first-order valence-electron chi connectivity index (χ1n) is 11.0. The van der Waals surface area contributed by atoms with E-state index in [-0.39, 0.29) is 56.1 Å². The van der Waals surface area contributed by atoms with Crippen molar-refractivity contribution in [1.29, 1.82) is 0 Å². The van der Waals surface area contributed by atoms with Gasteiger partial charge in [-0.05, 0) is 51.4 Å². The lowest BCUT2D eigenvalue weighted by molar-refractivity contribution is -0.352. The molecule has 13 heteroatoms. The lowest BCUT2D eigenvalue weighted by atomic mass is 9.82. The summed E-state index contributed by atoms with van der Waals surface area (Å²) < 4.78 is 89.0. The van der Waals surface area contributed by atoms with Crippen molar-refractivity contribution >= 4 is 5.91 Å². The molecule has 7 nitrogen and oxygen atoms in total. The molecule has 186 valence electrons. The molecule has 33 heavy (non-hydrogen) atoms. The summed E-state index contributed by atoms with van der Waals surface area (Å²) >= 11 is 0. The van der Waals surface area contributed by atoms with Gasteiger partial charge in [-0.25, -0.2) is 0 Å². The molecule has 1 aromatic rings. The van der Waals surface area contributed by atoms with E-state index < -0.39 is 30.7 Å². The maximum absolute atomic E-state index is 12.5. The van der Waals surface area contributed by atoms with Crippen molar-refractivity contribution in [1.82, 2.24) is 15.5 Å². The van der Waals surface area contributed by atoms with Crippen LogP contribution in [-0.2, 0) is 14.3 Å². The molecule has 0 atom stereocenters. The largest absolute Gasteiger partial charge is 0.522 e. The first-order chi connectivity index (χ1) is 15.5. The first-order valence-corrected chi connectivity index (χ1v) is 11.0. The van der Waals surface area contributed by atoms with Crippen LogP contribution in [0.4, 0.5) is 26.3 Å². The number of hydrogen-bond acceptors (Lipinski definition) is 6. The Labute approximate surface area is 185 Å². The first kappa shape index (κ1) is 24.2. The molecule has 4 rings (SSSR count). The van der Waals surface area contributed by atoms with Gasteiger partial charge >= 0.3 is 12.5 Å². The number of aromatic nitrogens is 2. The number of amides is 1. The van der Waals surface area contributed by atoms with Crippen LogP contribution >= 0.6 is 0 Å². The zero-order chi connectivity index (χ0) is 23.8. The minimum Gasteiger partial charge on any atom is -0.425 e. The molecule has 3 fully saturated rings. The highest BCUT2D eigenvalue weighted by Gasteiger charge is 2.48. The molecule has 1 amide bonds. The number of rotatable bonds is 7. The number of alkyl halides is 6. The fourth-order valence-corrected chi connectivity index (χ4v) is 4.55. The molecule has 1 N–H and O–H groups in total. The maximum Gasteiger partial charge on any atom is 0.522 e. The minimum absolute atomic E-state index is 0.00669. The Balaban J connectivity index is 1.13. The third-order valence-corrected chi connectivity index (χ3v) is 6.65. The zero-order valence-electron chi connectivity index (χ0n) is 17.6. The van der Waals surface area contributed by atoms with Crippen molar-refractivity contribution < 1.29 is 45.0 Å². The average molecular weight is 485 g/mol. The Morgan fingerprint density at radius 3 is 2.09 bits per heavy atom. The number of carbonyl (C=O) groups is 1. The van der Waals surface area contributed by atoms with Gasteiger partial charge in [-0.15, -0.1) is 23.4 Å². The van der Waals surface area contributed by atoms with Gasteiger partial charge in [-0.1, -0.05) is 0 Å². The molecule has 0 saturated heterocycles. The van der Waals surface area contributed by atoms with Gasteiger partial charge < -0.3 is 14.5 Å². The fraction of sp³-hybridized carbons (Fsp3) is 0.850. The van der Waals surface area contributed by atoms with E-state index in [0.29, 0.717) is 37.5 Å².